The summed E-state index contributed by atoms with van der Waals surface area (Å²) in [6.45, 7) is 0. The number of nitrogens with two attached hydrogens (primary N) is 1. The van der Waals surface area contributed by atoms with Crippen LogP contribution in [0, 0.1) is 0 Å². The molecule has 9 heavy (non-hydrogen) atoms. The van der Waals surface area contributed by atoms with E-state index in [-0.39, 0.29) is 5.54 Å². The van der Waals surface area contributed by atoms with Crippen molar-refractivity contribution in [1.82, 2.24) is 5.32 Å². The Morgan fingerprint density at radius 2 is 2.33 bits per heavy atom. The molecule has 1 rings (SSSR count). The minimum Gasteiger partial charge on any atom is -0.379 e. The summed E-state index contributed by atoms with van der Waals surface area (Å²) in [5.41, 5.74) is 5.68. The van der Waals surface area contributed by atoms with Crippen molar-refractivity contribution in [3.63, 3.8) is 0 Å². The van der Waals surface area contributed by atoms with Crippen molar-refractivity contribution in [2.24, 2.45) is 5.73 Å². The zero-order valence-electron chi connectivity index (χ0n) is 5.72. The molecule has 1 fully saturated rings. The van der Waals surface area contributed by atoms with E-state index in [0.29, 0.717) is 6.42 Å². The van der Waals surface area contributed by atoms with Crippen LogP contribution in [0.1, 0.15) is 19.3 Å². The largest absolute Gasteiger partial charge is 0.379 e. The quantitative estimate of drug-likeness (QED) is 0.447. The molecule has 0 aliphatic heterocycles. The molecule has 1 unspecified atom stereocenters. The van der Waals surface area contributed by atoms with Gasteiger partial charge in [-0.25, -0.2) is 0 Å². The smallest absolute Gasteiger partial charge is 0.106 e. The minimum absolute atomic E-state index is 0.0393. The molecule has 3 heteroatoms. The van der Waals surface area contributed by atoms with Crippen LogP contribution >= 0.6 is 0 Å². The van der Waals surface area contributed by atoms with E-state index < -0.39 is 6.23 Å². The summed E-state index contributed by atoms with van der Waals surface area (Å²) in [6.07, 6.45) is 2.39. The fourth-order valence-corrected chi connectivity index (χ4v) is 0.852. The van der Waals surface area contributed by atoms with E-state index in [2.05, 4.69) is 5.32 Å². The molecule has 54 valence electrons. The molecule has 1 aliphatic carbocycles. The van der Waals surface area contributed by atoms with Gasteiger partial charge in [0, 0.05) is 12.0 Å². The molecule has 0 amide bonds. The second-order valence-electron chi connectivity index (χ2n) is 2.87. The van der Waals surface area contributed by atoms with Gasteiger partial charge < -0.3 is 10.8 Å². The van der Waals surface area contributed by atoms with E-state index in [1.807, 2.05) is 0 Å². The lowest BCUT2D eigenvalue weighted by molar-refractivity contribution is 0.125. The standard InChI is InChI=1S/C6H14N2O/c1-8-5(9)4-6(7)2-3-6/h5,8-9H,2-4,7H2,1H3. The molecule has 0 saturated heterocycles. The maximum atomic E-state index is 9.04. The van der Waals surface area contributed by atoms with Crippen molar-refractivity contribution < 1.29 is 5.11 Å². The summed E-state index contributed by atoms with van der Waals surface area (Å²) in [5, 5.41) is 11.8. The van der Waals surface area contributed by atoms with Crippen LogP contribution in [0.4, 0.5) is 0 Å². The van der Waals surface area contributed by atoms with E-state index in [0.717, 1.165) is 12.8 Å². The zero-order valence-corrected chi connectivity index (χ0v) is 5.72. The van der Waals surface area contributed by atoms with E-state index in [1.54, 1.807) is 7.05 Å². The Hall–Kier alpha value is -0.120. The molecular weight excluding hydrogens is 116 g/mol. The molecule has 1 saturated carbocycles. The number of aliphatic hydroxyl groups excluding tert-OH is 1. The Morgan fingerprint density at radius 3 is 2.67 bits per heavy atom. The lowest BCUT2D eigenvalue weighted by atomic mass is 10.2. The molecule has 0 aromatic carbocycles. The van der Waals surface area contributed by atoms with Gasteiger partial charge in [-0.2, -0.15) is 0 Å². The van der Waals surface area contributed by atoms with Gasteiger partial charge in [-0.05, 0) is 19.9 Å². The molecule has 0 bridgehead atoms. The van der Waals surface area contributed by atoms with Gasteiger partial charge in [0.25, 0.3) is 0 Å². The first-order valence-electron chi connectivity index (χ1n) is 3.30. The summed E-state index contributed by atoms with van der Waals surface area (Å²) in [6, 6.07) is 0. The average Bonchev–Trinajstić information content (AvgIpc) is 2.48. The first-order valence-corrected chi connectivity index (χ1v) is 3.30. The minimum atomic E-state index is -0.419. The first kappa shape index (κ1) is 6.99. The molecular formula is C6H14N2O. The molecule has 0 heterocycles. The third-order valence-corrected chi connectivity index (χ3v) is 1.83. The van der Waals surface area contributed by atoms with Crippen LogP contribution < -0.4 is 11.1 Å². The van der Waals surface area contributed by atoms with Gasteiger partial charge in [0.15, 0.2) is 0 Å². The Kier molecular flexibility index (Phi) is 1.75. The number of hydrogen-bond acceptors (Lipinski definition) is 3. The van der Waals surface area contributed by atoms with Gasteiger partial charge >= 0.3 is 0 Å². The van der Waals surface area contributed by atoms with Crippen molar-refractivity contribution >= 4 is 0 Å². The second-order valence-corrected chi connectivity index (χ2v) is 2.87. The molecule has 3 nitrogen and oxygen atoms in total. The normalized spacial score (nSPS) is 25.7. The summed E-state index contributed by atoms with van der Waals surface area (Å²) >= 11 is 0. The highest BCUT2D eigenvalue weighted by molar-refractivity contribution is 4.99. The van der Waals surface area contributed by atoms with Crippen LogP contribution in [0.25, 0.3) is 0 Å². The van der Waals surface area contributed by atoms with Crippen LogP contribution in [0.5, 0.6) is 0 Å². The van der Waals surface area contributed by atoms with Gasteiger partial charge in [0.05, 0.1) is 0 Å². The zero-order chi connectivity index (χ0) is 6.91. The summed E-state index contributed by atoms with van der Waals surface area (Å²) < 4.78 is 0. The highest BCUT2D eigenvalue weighted by Crippen LogP contribution is 2.35. The van der Waals surface area contributed by atoms with Gasteiger partial charge in [-0.1, -0.05) is 0 Å². The fourth-order valence-electron chi connectivity index (χ4n) is 0.852. The number of aliphatic hydroxyl groups is 1. The highest BCUT2D eigenvalue weighted by Gasteiger charge is 2.39. The number of rotatable bonds is 3. The highest BCUT2D eigenvalue weighted by atomic mass is 16.3. The molecule has 4 N–H and O–H groups in total. The van der Waals surface area contributed by atoms with Crippen LogP contribution in [0.3, 0.4) is 0 Å². The lowest BCUT2D eigenvalue weighted by Crippen LogP contribution is -2.34. The third kappa shape index (κ3) is 1.93. The van der Waals surface area contributed by atoms with Gasteiger partial charge in [-0.3, -0.25) is 5.32 Å². The topological polar surface area (TPSA) is 58.3 Å². The number of nitrogens with one attached hydrogen (secondary N) is 1. The van der Waals surface area contributed by atoms with Gasteiger partial charge in [0.2, 0.25) is 0 Å². The van der Waals surface area contributed by atoms with Crippen LogP contribution in [-0.2, 0) is 0 Å². The van der Waals surface area contributed by atoms with Crippen LogP contribution in [0.15, 0.2) is 0 Å². The predicted octanol–water partition coefficient (Wildman–Crippen LogP) is -0.594. The lowest BCUT2D eigenvalue weighted by Gasteiger charge is -2.13. The van der Waals surface area contributed by atoms with Gasteiger partial charge in [-0.15, -0.1) is 0 Å². The van der Waals surface area contributed by atoms with E-state index in [9.17, 15) is 0 Å². The van der Waals surface area contributed by atoms with Crippen molar-refractivity contribution in [3.8, 4) is 0 Å². The molecule has 0 spiro atoms. The van der Waals surface area contributed by atoms with Gasteiger partial charge in [0.1, 0.15) is 6.23 Å². The maximum Gasteiger partial charge on any atom is 0.106 e. The van der Waals surface area contributed by atoms with E-state index in [1.165, 1.54) is 0 Å². The molecule has 1 atom stereocenters. The summed E-state index contributed by atoms with van der Waals surface area (Å²) in [4.78, 5) is 0. The molecule has 0 aromatic heterocycles. The Balaban J connectivity index is 2.17. The van der Waals surface area contributed by atoms with Crippen LogP contribution in [-0.4, -0.2) is 23.9 Å². The Morgan fingerprint density at radius 1 is 1.78 bits per heavy atom. The molecule has 0 radical (unpaired) electrons. The van der Waals surface area contributed by atoms with E-state index >= 15 is 0 Å². The molecule has 1 aliphatic rings. The van der Waals surface area contributed by atoms with Crippen molar-refractivity contribution in [3.05, 3.63) is 0 Å². The Labute approximate surface area is 55.2 Å². The number of hydrogen-bond donors (Lipinski definition) is 3. The maximum absolute atomic E-state index is 9.04. The second kappa shape index (κ2) is 2.25. The van der Waals surface area contributed by atoms with Crippen molar-refractivity contribution in [2.75, 3.05) is 7.05 Å². The van der Waals surface area contributed by atoms with E-state index in [4.69, 9.17) is 10.8 Å². The first-order chi connectivity index (χ1) is 4.16. The summed E-state index contributed by atoms with van der Waals surface area (Å²) in [5.74, 6) is 0. The fraction of sp³-hybridized carbons (Fsp3) is 1.00. The molecule has 0 aromatic rings. The SMILES string of the molecule is CNC(O)CC1(N)CC1. The Bertz CT molecular complexity index is 101. The van der Waals surface area contributed by atoms with Crippen molar-refractivity contribution in [1.29, 1.82) is 0 Å². The van der Waals surface area contributed by atoms with Crippen molar-refractivity contribution in [2.45, 2.75) is 31.0 Å². The summed E-state index contributed by atoms with van der Waals surface area (Å²) in [7, 11) is 1.73. The monoisotopic (exact) mass is 130 g/mol. The predicted molar refractivity (Wildman–Crippen MR) is 35.8 cm³/mol. The van der Waals surface area contributed by atoms with Crippen LogP contribution in [0.2, 0.25) is 0 Å². The average molecular weight is 130 g/mol. The third-order valence-electron chi connectivity index (χ3n) is 1.83.